The van der Waals surface area contributed by atoms with Crippen molar-refractivity contribution in [3.63, 3.8) is 0 Å². The van der Waals surface area contributed by atoms with Gasteiger partial charge in [-0.3, -0.25) is 4.90 Å². The Balaban J connectivity index is 2.04. The van der Waals surface area contributed by atoms with Gasteiger partial charge in [0.05, 0.1) is 5.56 Å². The van der Waals surface area contributed by atoms with Gasteiger partial charge in [-0.15, -0.1) is 0 Å². The first-order valence-electron chi connectivity index (χ1n) is 5.70. The third-order valence-corrected chi connectivity index (χ3v) is 3.09. The Labute approximate surface area is 95.7 Å². The van der Waals surface area contributed by atoms with Crippen LogP contribution in [0.5, 0.6) is 0 Å². The van der Waals surface area contributed by atoms with Crippen molar-refractivity contribution in [2.75, 3.05) is 13.1 Å². The number of likely N-dealkylation sites (tertiary alicyclic amines) is 1. The third kappa shape index (κ3) is 2.61. The van der Waals surface area contributed by atoms with Crippen LogP contribution in [0, 0.1) is 5.92 Å². The van der Waals surface area contributed by atoms with Gasteiger partial charge in [-0.25, -0.2) is 4.79 Å². The van der Waals surface area contributed by atoms with Crippen LogP contribution in [0.4, 0.5) is 0 Å². The molecule has 0 aliphatic carbocycles. The number of hydrogen-bond donors (Lipinski definition) is 1. The van der Waals surface area contributed by atoms with E-state index in [1.807, 2.05) is 12.1 Å². The van der Waals surface area contributed by atoms with E-state index in [0.717, 1.165) is 31.1 Å². The van der Waals surface area contributed by atoms with Crippen LogP contribution in [0.1, 0.15) is 29.3 Å². The largest absolute Gasteiger partial charge is 0.478 e. The minimum absolute atomic E-state index is 0.379. The van der Waals surface area contributed by atoms with Crippen LogP contribution in [0.15, 0.2) is 24.3 Å². The number of carboxylic acid groups (broad SMARTS) is 1. The molecule has 1 atom stereocenters. The van der Waals surface area contributed by atoms with Crippen LogP contribution in [0.2, 0.25) is 0 Å². The zero-order chi connectivity index (χ0) is 11.5. The predicted octanol–water partition coefficient (Wildman–Crippen LogP) is 2.23. The van der Waals surface area contributed by atoms with Crippen LogP contribution in [0.3, 0.4) is 0 Å². The highest BCUT2D eigenvalue weighted by Crippen LogP contribution is 2.18. The van der Waals surface area contributed by atoms with Gasteiger partial charge in [-0.05, 0) is 36.6 Å². The van der Waals surface area contributed by atoms with Crippen molar-refractivity contribution in [1.82, 2.24) is 4.90 Å². The molecule has 3 nitrogen and oxygen atoms in total. The molecule has 0 saturated carbocycles. The molecular formula is C13H17NO2. The topological polar surface area (TPSA) is 40.5 Å². The third-order valence-electron chi connectivity index (χ3n) is 3.09. The van der Waals surface area contributed by atoms with E-state index < -0.39 is 5.97 Å². The SMILES string of the molecule is CC1CCN(Cc2cccc(C(=O)O)c2)C1. The van der Waals surface area contributed by atoms with Gasteiger partial charge in [0.15, 0.2) is 0 Å². The summed E-state index contributed by atoms with van der Waals surface area (Å²) in [4.78, 5) is 13.2. The van der Waals surface area contributed by atoms with Crippen molar-refractivity contribution in [1.29, 1.82) is 0 Å². The van der Waals surface area contributed by atoms with Gasteiger partial charge in [0, 0.05) is 13.1 Å². The average Bonchev–Trinajstić information content (AvgIpc) is 2.64. The molecule has 0 radical (unpaired) electrons. The monoisotopic (exact) mass is 219 g/mol. The lowest BCUT2D eigenvalue weighted by molar-refractivity contribution is 0.0696. The van der Waals surface area contributed by atoms with E-state index in [1.165, 1.54) is 6.42 Å². The van der Waals surface area contributed by atoms with Crippen LogP contribution < -0.4 is 0 Å². The molecule has 1 saturated heterocycles. The number of carbonyl (C=O) groups is 1. The molecule has 1 aliphatic heterocycles. The van der Waals surface area contributed by atoms with Crippen LogP contribution in [0.25, 0.3) is 0 Å². The molecule has 1 fully saturated rings. The highest BCUT2D eigenvalue weighted by Gasteiger charge is 2.18. The summed E-state index contributed by atoms with van der Waals surface area (Å²) in [6, 6.07) is 7.22. The zero-order valence-corrected chi connectivity index (χ0v) is 9.52. The molecule has 1 aliphatic rings. The molecule has 3 heteroatoms. The van der Waals surface area contributed by atoms with Gasteiger partial charge in [-0.1, -0.05) is 19.1 Å². The van der Waals surface area contributed by atoms with Crippen LogP contribution in [-0.2, 0) is 6.54 Å². The summed E-state index contributed by atoms with van der Waals surface area (Å²) < 4.78 is 0. The van der Waals surface area contributed by atoms with Crippen LogP contribution >= 0.6 is 0 Å². The van der Waals surface area contributed by atoms with E-state index in [4.69, 9.17) is 5.11 Å². The lowest BCUT2D eigenvalue weighted by Crippen LogP contribution is -2.19. The number of nitrogens with zero attached hydrogens (tertiary/aromatic N) is 1. The molecule has 0 amide bonds. The first-order chi connectivity index (χ1) is 7.65. The lowest BCUT2D eigenvalue weighted by atomic mass is 10.1. The molecule has 1 unspecified atom stereocenters. The number of aromatic carboxylic acids is 1. The summed E-state index contributed by atoms with van der Waals surface area (Å²) in [5, 5.41) is 8.90. The molecule has 1 N–H and O–H groups in total. The van der Waals surface area contributed by atoms with E-state index in [9.17, 15) is 4.79 Å². The number of benzene rings is 1. The molecule has 16 heavy (non-hydrogen) atoms. The molecule has 1 aromatic carbocycles. The van der Waals surface area contributed by atoms with Crippen molar-refractivity contribution in [2.45, 2.75) is 19.9 Å². The summed E-state index contributed by atoms with van der Waals surface area (Å²) in [5.74, 6) is -0.0840. The summed E-state index contributed by atoms with van der Waals surface area (Å²) in [6.45, 7) is 5.37. The lowest BCUT2D eigenvalue weighted by Gasteiger charge is -2.15. The van der Waals surface area contributed by atoms with Gasteiger partial charge < -0.3 is 5.11 Å². The minimum atomic E-state index is -0.850. The second-order valence-corrected chi connectivity index (χ2v) is 4.63. The van der Waals surface area contributed by atoms with Gasteiger partial charge in [-0.2, -0.15) is 0 Å². The highest BCUT2D eigenvalue weighted by atomic mass is 16.4. The minimum Gasteiger partial charge on any atom is -0.478 e. The smallest absolute Gasteiger partial charge is 0.335 e. The van der Waals surface area contributed by atoms with E-state index in [0.29, 0.717) is 5.56 Å². The fourth-order valence-corrected chi connectivity index (χ4v) is 2.23. The molecule has 2 rings (SSSR count). The Morgan fingerprint density at radius 2 is 2.38 bits per heavy atom. The van der Waals surface area contributed by atoms with E-state index >= 15 is 0 Å². The second-order valence-electron chi connectivity index (χ2n) is 4.63. The first-order valence-corrected chi connectivity index (χ1v) is 5.70. The normalized spacial score (nSPS) is 21.2. The Kier molecular flexibility index (Phi) is 3.25. The van der Waals surface area contributed by atoms with Gasteiger partial charge in [0.1, 0.15) is 0 Å². The predicted molar refractivity (Wildman–Crippen MR) is 62.5 cm³/mol. The fourth-order valence-electron chi connectivity index (χ4n) is 2.23. The maximum Gasteiger partial charge on any atom is 0.335 e. The van der Waals surface area contributed by atoms with E-state index in [2.05, 4.69) is 11.8 Å². The Morgan fingerprint density at radius 3 is 3.00 bits per heavy atom. The molecule has 1 aromatic rings. The summed E-state index contributed by atoms with van der Waals surface area (Å²) in [7, 11) is 0. The molecule has 0 spiro atoms. The van der Waals surface area contributed by atoms with E-state index in [-0.39, 0.29) is 0 Å². The maximum absolute atomic E-state index is 10.8. The molecule has 86 valence electrons. The van der Waals surface area contributed by atoms with Crippen LogP contribution in [-0.4, -0.2) is 29.1 Å². The quantitative estimate of drug-likeness (QED) is 0.847. The highest BCUT2D eigenvalue weighted by molar-refractivity contribution is 5.87. The first kappa shape index (κ1) is 11.1. The zero-order valence-electron chi connectivity index (χ0n) is 9.52. The standard InChI is InChI=1S/C13H17NO2/c1-10-5-6-14(8-10)9-11-3-2-4-12(7-11)13(15)16/h2-4,7,10H,5-6,8-9H2,1H3,(H,15,16). The Bertz CT molecular complexity index is 389. The average molecular weight is 219 g/mol. The van der Waals surface area contributed by atoms with Crippen molar-refractivity contribution >= 4 is 5.97 Å². The van der Waals surface area contributed by atoms with Gasteiger partial charge >= 0.3 is 5.97 Å². The number of hydrogen-bond acceptors (Lipinski definition) is 2. The number of carboxylic acids is 1. The second kappa shape index (κ2) is 4.66. The van der Waals surface area contributed by atoms with Gasteiger partial charge in [0.25, 0.3) is 0 Å². The maximum atomic E-state index is 10.8. The fraction of sp³-hybridized carbons (Fsp3) is 0.462. The molecule has 0 bridgehead atoms. The van der Waals surface area contributed by atoms with Gasteiger partial charge in [0.2, 0.25) is 0 Å². The summed E-state index contributed by atoms with van der Waals surface area (Å²) in [5.41, 5.74) is 1.47. The van der Waals surface area contributed by atoms with E-state index in [1.54, 1.807) is 12.1 Å². The summed E-state index contributed by atoms with van der Waals surface area (Å²) in [6.07, 6.45) is 1.25. The Hall–Kier alpha value is -1.35. The molecular weight excluding hydrogens is 202 g/mol. The molecule has 0 aromatic heterocycles. The summed E-state index contributed by atoms with van der Waals surface area (Å²) >= 11 is 0. The van der Waals surface area contributed by atoms with Crippen molar-refractivity contribution < 1.29 is 9.90 Å². The van der Waals surface area contributed by atoms with Crippen molar-refractivity contribution in [3.8, 4) is 0 Å². The Morgan fingerprint density at radius 1 is 1.56 bits per heavy atom. The van der Waals surface area contributed by atoms with Crippen molar-refractivity contribution in [2.24, 2.45) is 5.92 Å². The van der Waals surface area contributed by atoms with Crippen molar-refractivity contribution in [3.05, 3.63) is 35.4 Å². The molecule has 1 heterocycles. The number of rotatable bonds is 3.